The van der Waals surface area contributed by atoms with Gasteiger partial charge in [0.1, 0.15) is 17.2 Å². The predicted octanol–water partition coefficient (Wildman–Crippen LogP) is 4.13. The maximum Gasteiger partial charge on any atom is 0.292 e. The summed E-state index contributed by atoms with van der Waals surface area (Å²) in [4.78, 5) is 4.09. The molecular formula is C26H25F2N3O3. The molecule has 0 aliphatic carbocycles. The average molecular weight is 466 g/mol. The standard InChI is InChI=1S/C26H25F2N3O3/c27-18-6-2-16(3-7-18)25(17-4-8-19(28)9-5-17)24-12-22(32)21(14-33-24)30-13-15-1-10-20-23(11-15)34-26(29)31-20/h1-11,21-22,24-25,30,32H,12-14H2,(H2,29,31). The van der Waals surface area contributed by atoms with Crippen molar-refractivity contribution in [2.75, 3.05) is 12.3 Å². The van der Waals surface area contributed by atoms with Crippen LogP contribution in [0.15, 0.2) is 71.1 Å². The van der Waals surface area contributed by atoms with Gasteiger partial charge < -0.3 is 25.3 Å². The van der Waals surface area contributed by atoms with Crippen LogP contribution in [-0.2, 0) is 11.3 Å². The highest BCUT2D eigenvalue weighted by molar-refractivity contribution is 5.74. The fourth-order valence-corrected chi connectivity index (χ4v) is 4.54. The molecule has 1 saturated heterocycles. The van der Waals surface area contributed by atoms with E-state index in [9.17, 15) is 13.9 Å². The highest BCUT2D eigenvalue weighted by Gasteiger charge is 2.35. The summed E-state index contributed by atoms with van der Waals surface area (Å²) in [6.07, 6.45) is -0.640. The summed E-state index contributed by atoms with van der Waals surface area (Å²) in [5.74, 6) is -0.931. The average Bonchev–Trinajstić information content (AvgIpc) is 3.20. The van der Waals surface area contributed by atoms with E-state index in [1.54, 1.807) is 24.3 Å². The lowest BCUT2D eigenvalue weighted by atomic mass is 9.82. The Kier molecular flexibility index (Phi) is 6.28. The van der Waals surface area contributed by atoms with Crippen LogP contribution in [0.25, 0.3) is 11.1 Å². The van der Waals surface area contributed by atoms with E-state index >= 15 is 0 Å². The summed E-state index contributed by atoms with van der Waals surface area (Å²) in [7, 11) is 0. The lowest BCUT2D eigenvalue weighted by molar-refractivity contribution is -0.0718. The fraction of sp³-hybridized carbons (Fsp3) is 0.269. The maximum atomic E-state index is 13.5. The molecule has 0 saturated carbocycles. The van der Waals surface area contributed by atoms with Crippen molar-refractivity contribution in [3.8, 4) is 0 Å². The number of hydrogen-bond acceptors (Lipinski definition) is 6. The van der Waals surface area contributed by atoms with E-state index in [4.69, 9.17) is 14.9 Å². The first-order chi connectivity index (χ1) is 16.5. The van der Waals surface area contributed by atoms with Gasteiger partial charge in [0.05, 0.1) is 24.9 Å². The van der Waals surface area contributed by atoms with E-state index in [1.807, 2.05) is 18.2 Å². The molecule has 4 aromatic rings. The summed E-state index contributed by atoms with van der Waals surface area (Å²) in [5.41, 5.74) is 9.56. The van der Waals surface area contributed by atoms with Crippen molar-refractivity contribution >= 4 is 17.1 Å². The highest BCUT2D eigenvalue weighted by atomic mass is 19.1. The Morgan fingerprint density at radius 2 is 1.65 bits per heavy atom. The Balaban J connectivity index is 1.29. The van der Waals surface area contributed by atoms with Gasteiger partial charge >= 0.3 is 0 Å². The number of nitrogens with one attached hydrogen (secondary N) is 1. The van der Waals surface area contributed by atoms with Crippen molar-refractivity contribution in [2.24, 2.45) is 0 Å². The molecular weight excluding hydrogens is 440 g/mol. The van der Waals surface area contributed by atoms with E-state index in [-0.39, 0.29) is 35.7 Å². The summed E-state index contributed by atoms with van der Waals surface area (Å²) in [6.45, 7) is 0.799. The smallest absolute Gasteiger partial charge is 0.292 e. The monoisotopic (exact) mass is 465 g/mol. The Bertz CT molecular complexity index is 1220. The Morgan fingerprint density at radius 1 is 1.00 bits per heavy atom. The minimum Gasteiger partial charge on any atom is -0.424 e. The fourth-order valence-electron chi connectivity index (χ4n) is 4.54. The first-order valence-electron chi connectivity index (χ1n) is 11.1. The largest absolute Gasteiger partial charge is 0.424 e. The van der Waals surface area contributed by atoms with E-state index < -0.39 is 6.10 Å². The van der Waals surface area contributed by atoms with Crippen LogP contribution in [0.2, 0.25) is 0 Å². The van der Waals surface area contributed by atoms with Crippen LogP contribution < -0.4 is 11.1 Å². The molecule has 3 atom stereocenters. The molecule has 0 amide bonds. The maximum absolute atomic E-state index is 13.5. The van der Waals surface area contributed by atoms with E-state index in [1.165, 1.54) is 24.3 Å². The van der Waals surface area contributed by atoms with Crippen LogP contribution in [0.3, 0.4) is 0 Å². The highest BCUT2D eigenvalue weighted by Crippen LogP contribution is 2.35. The summed E-state index contributed by atoms with van der Waals surface area (Å²) < 4.78 is 38.6. The number of halogens is 2. The van der Waals surface area contributed by atoms with Gasteiger partial charge in [0.15, 0.2) is 5.58 Å². The van der Waals surface area contributed by atoms with Crippen LogP contribution in [0.5, 0.6) is 0 Å². The zero-order chi connectivity index (χ0) is 23.7. The number of hydrogen-bond donors (Lipinski definition) is 3. The molecule has 0 spiro atoms. The van der Waals surface area contributed by atoms with Gasteiger partial charge in [0, 0.05) is 18.9 Å². The minimum atomic E-state index is -0.660. The lowest BCUT2D eigenvalue weighted by Crippen LogP contribution is -2.50. The molecule has 0 bridgehead atoms. The predicted molar refractivity (Wildman–Crippen MR) is 124 cm³/mol. The van der Waals surface area contributed by atoms with E-state index in [2.05, 4.69) is 10.3 Å². The molecule has 8 heteroatoms. The van der Waals surface area contributed by atoms with Gasteiger partial charge in [-0.2, -0.15) is 4.98 Å². The van der Waals surface area contributed by atoms with Gasteiger partial charge in [0.25, 0.3) is 6.01 Å². The molecule has 1 aromatic heterocycles. The van der Waals surface area contributed by atoms with Crippen molar-refractivity contribution in [1.82, 2.24) is 10.3 Å². The Labute approximate surface area is 195 Å². The Morgan fingerprint density at radius 3 is 2.26 bits per heavy atom. The molecule has 1 fully saturated rings. The molecule has 5 rings (SSSR count). The number of nitrogens with zero attached hydrogens (tertiary/aromatic N) is 1. The van der Waals surface area contributed by atoms with Crippen molar-refractivity contribution < 1.29 is 23.0 Å². The normalized spacial score (nSPS) is 20.8. The van der Waals surface area contributed by atoms with Crippen LogP contribution in [0.1, 0.15) is 29.0 Å². The molecule has 0 radical (unpaired) electrons. The number of nitrogens with two attached hydrogens (primary N) is 1. The molecule has 4 N–H and O–H groups in total. The quantitative estimate of drug-likeness (QED) is 0.397. The van der Waals surface area contributed by atoms with Gasteiger partial charge in [-0.1, -0.05) is 30.3 Å². The number of aromatic nitrogens is 1. The zero-order valence-electron chi connectivity index (χ0n) is 18.3. The lowest BCUT2D eigenvalue weighted by Gasteiger charge is -2.38. The number of oxazole rings is 1. The minimum absolute atomic E-state index is 0.124. The topological polar surface area (TPSA) is 93.5 Å². The Hall–Kier alpha value is -3.33. The third-order valence-corrected chi connectivity index (χ3v) is 6.30. The molecule has 34 heavy (non-hydrogen) atoms. The van der Waals surface area contributed by atoms with Crippen LogP contribution in [-0.4, -0.2) is 34.9 Å². The van der Waals surface area contributed by atoms with Gasteiger partial charge in [0.2, 0.25) is 0 Å². The molecule has 3 unspecified atom stereocenters. The van der Waals surface area contributed by atoms with Crippen LogP contribution in [0, 0.1) is 11.6 Å². The number of aliphatic hydroxyl groups excluding tert-OH is 1. The molecule has 176 valence electrons. The molecule has 1 aliphatic heterocycles. The number of rotatable bonds is 6. The first kappa shape index (κ1) is 22.5. The molecule has 3 aromatic carbocycles. The summed E-state index contributed by atoms with van der Waals surface area (Å²) >= 11 is 0. The summed E-state index contributed by atoms with van der Waals surface area (Å²) in [5, 5.41) is 14.3. The molecule has 2 heterocycles. The number of anilines is 1. The van der Waals surface area contributed by atoms with Gasteiger partial charge in [-0.3, -0.25) is 0 Å². The van der Waals surface area contributed by atoms with Crippen molar-refractivity contribution in [1.29, 1.82) is 0 Å². The third kappa shape index (κ3) is 4.79. The zero-order valence-corrected chi connectivity index (χ0v) is 18.3. The molecule has 6 nitrogen and oxygen atoms in total. The van der Waals surface area contributed by atoms with Gasteiger partial charge in [-0.25, -0.2) is 8.78 Å². The number of fused-ring (bicyclic) bond motifs is 1. The number of ether oxygens (including phenoxy) is 1. The van der Waals surface area contributed by atoms with Crippen LogP contribution in [0.4, 0.5) is 14.8 Å². The third-order valence-electron chi connectivity index (χ3n) is 6.30. The van der Waals surface area contributed by atoms with Gasteiger partial charge in [-0.15, -0.1) is 0 Å². The van der Waals surface area contributed by atoms with E-state index in [0.717, 1.165) is 16.7 Å². The molecule has 1 aliphatic rings. The van der Waals surface area contributed by atoms with E-state index in [0.29, 0.717) is 30.7 Å². The first-order valence-corrected chi connectivity index (χ1v) is 11.1. The number of aliphatic hydroxyl groups is 1. The summed E-state index contributed by atoms with van der Waals surface area (Å²) in [6, 6.07) is 17.9. The van der Waals surface area contributed by atoms with Crippen molar-refractivity contribution in [2.45, 2.75) is 37.1 Å². The second kappa shape index (κ2) is 9.50. The second-order valence-corrected chi connectivity index (χ2v) is 8.60. The number of nitrogen functional groups attached to an aromatic ring is 1. The van der Waals surface area contributed by atoms with Crippen molar-refractivity contribution in [3.05, 3.63) is 95.1 Å². The van der Waals surface area contributed by atoms with Crippen LogP contribution >= 0.6 is 0 Å². The number of benzene rings is 3. The SMILES string of the molecule is Nc1nc2ccc(CNC3COC(C(c4ccc(F)cc4)c4ccc(F)cc4)CC3O)cc2o1. The second-order valence-electron chi connectivity index (χ2n) is 8.60. The van der Waals surface area contributed by atoms with Crippen molar-refractivity contribution in [3.63, 3.8) is 0 Å². The van der Waals surface area contributed by atoms with Gasteiger partial charge in [-0.05, 0) is 53.1 Å².